The number of urea groups is 1. The van der Waals surface area contributed by atoms with Gasteiger partial charge in [0.05, 0.1) is 0 Å². The van der Waals surface area contributed by atoms with Crippen molar-refractivity contribution in [2.45, 2.75) is 39.2 Å². The Hall–Kier alpha value is -1.83. The number of hydroxylamine groups is 1. The summed E-state index contributed by atoms with van der Waals surface area (Å²) in [6.45, 7) is 4.73. The van der Waals surface area contributed by atoms with Crippen LogP contribution in [-0.2, 0) is 9.59 Å². The normalized spacial score (nSPS) is 17.5. The number of hydrogen-bond donors (Lipinski definition) is 3. The van der Waals surface area contributed by atoms with Gasteiger partial charge in [-0.05, 0) is 25.2 Å². The summed E-state index contributed by atoms with van der Waals surface area (Å²) in [6.07, 6.45) is 2.12. The Balaban J connectivity index is 2.80. The standard InChI is InChI=1S/C14H26N4O4/c1-10(2)6-8-17(9-12(19)16-22)14(21)18-7-4-5-11(18)13(20)15-3/h10-11,22H,4-9H2,1-3H3,(H,15,20)(H,16,19)/t11-/m0/s1. The number of hydrogen-bond acceptors (Lipinski definition) is 4. The number of nitrogens with zero attached hydrogens (tertiary/aromatic N) is 2. The summed E-state index contributed by atoms with van der Waals surface area (Å²) in [6, 6.07) is -0.827. The molecule has 0 aromatic heterocycles. The molecule has 22 heavy (non-hydrogen) atoms. The Morgan fingerprint density at radius 1 is 1.36 bits per heavy atom. The Morgan fingerprint density at radius 3 is 2.59 bits per heavy atom. The molecule has 1 heterocycles. The van der Waals surface area contributed by atoms with Crippen molar-refractivity contribution in [1.29, 1.82) is 0 Å². The van der Waals surface area contributed by atoms with E-state index in [0.29, 0.717) is 25.4 Å². The third kappa shape index (κ3) is 4.87. The van der Waals surface area contributed by atoms with Gasteiger partial charge in [-0.15, -0.1) is 0 Å². The van der Waals surface area contributed by atoms with Crippen LogP contribution in [0.1, 0.15) is 33.1 Å². The smallest absolute Gasteiger partial charge is 0.321 e. The van der Waals surface area contributed by atoms with Crippen LogP contribution in [0.25, 0.3) is 0 Å². The lowest BCUT2D eigenvalue weighted by atomic mass is 10.1. The quantitative estimate of drug-likeness (QED) is 0.480. The van der Waals surface area contributed by atoms with Crippen molar-refractivity contribution in [3.63, 3.8) is 0 Å². The Morgan fingerprint density at radius 2 is 2.05 bits per heavy atom. The highest BCUT2D eigenvalue weighted by molar-refractivity contribution is 5.89. The Bertz CT molecular complexity index is 414. The molecule has 0 radical (unpaired) electrons. The van der Waals surface area contributed by atoms with E-state index in [9.17, 15) is 14.4 Å². The fraction of sp³-hybridized carbons (Fsp3) is 0.786. The van der Waals surface area contributed by atoms with E-state index < -0.39 is 11.9 Å². The molecule has 0 unspecified atom stereocenters. The van der Waals surface area contributed by atoms with Gasteiger partial charge in [-0.2, -0.15) is 0 Å². The topological polar surface area (TPSA) is 102 Å². The van der Waals surface area contributed by atoms with Gasteiger partial charge in [0.1, 0.15) is 12.6 Å². The molecule has 0 aliphatic carbocycles. The highest BCUT2D eigenvalue weighted by Crippen LogP contribution is 2.19. The van der Waals surface area contributed by atoms with Gasteiger partial charge in [0.15, 0.2) is 0 Å². The fourth-order valence-corrected chi connectivity index (χ4v) is 2.48. The van der Waals surface area contributed by atoms with Crippen LogP contribution in [0.15, 0.2) is 0 Å². The highest BCUT2D eigenvalue weighted by atomic mass is 16.5. The average Bonchev–Trinajstić information content (AvgIpc) is 2.98. The largest absolute Gasteiger partial charge is 0.357 e. The first kappa shape index (κ1) is 18.2. The second-order valence-corrected chi connectivity index (χ2v) is 5.89. The maximum absolute atomic E-state index is 12.7. The number of carbonyl (C=O) groups is 3. The summed E-state index contributed by atoms with van der Waals surface area (Å²) in [4.78, 5) is 38.8. The molecule has 1 aliphatic rings. The summed E-state index contributed by atoms with van der Waals surface area (Å²) in [5.41, 5.74) is 1.54. The Labute approximate surface area is 130 Å². The van der Waals surface area contributed by atoms with E-state index >= 15 is 0 Å². The lowest BCUT2D eigenvalue weighted by molar-refractivity contribution is -0.130. The third-order valence-electron chi connectivity index (χ3n) is 3.75. The lowest BCUT2D eigenvalue weighted by Crippen LogP contribution is -2.52. The van der Waals surface area contributed by atoms with Crippen LogP contribution in [0, 0.1) is 5.92 Å². The monoisotopic (exact) mass is 314 g/mol. The van der Waals surface area contributed by atoms with Gasteiger partial charge < -0.3 is 15.1 Å². The summed E-state index contributed by atoms with van der Waals surface area (Å²) in [5, 5.41) is 11.2. The number of amides is 4. The summed E-state index contributed by atoms with van der Waals surface area (Å²) in [7, 11) is 1.54. The van der Waals surface area contributed by atoms with Crippen molar-refractivity contribution in [1.82, 2.24) is 20.6 Å². The second-order valence-electron chi connectivity index (χ2n) is 5.89. The van der Waals surface area contributed by atoms with E-state index in [4.69, 9.17) is 5.21 Å². The predicted octanol–water partition coefficient (Wildman–Crippen LogP) is 0.170. The van der Waals surface area contributed by atoms with Gasteiger partial charge in [0.2, 0.25) is 5.91 Å². The molecule has 0 aromatic carbocycles. The van der Waals surface area contributed by atoms with E-state index in [2.05, 4.69) is 5.32 Å². The van der Waals surface area contributed by atoms with Crippen LogP contribution >= 0.6 is 0 Å². The number of likely N-dealkylation sites (tertiary alicyclic amines) is 1. The first-order valence-electron chi connectivity index (χ1n) is 7.60. The fourth-order valence-electron chi connectivity index (χ4n) is 2.48. The lowest BCUT2D eigenvalue weighted by Gasteiger charge is -2.31. The first-order chi connectivity index (χ1) is 10.4. The molecule has 0 spiro atoms. The predicted molar refractivity (Wildman–Crippen MR) is 80.1 cm³/mol. The zero-order chi connectivity index (χ0) is 16.7. The third-order valence-corrected chi connectivity index (χ3v) is 3.75. The van der Waals surface area contributed by atoms with Gasteiger partial charge in [0, 0.05) is 20.1 Å². The first-order valence-corrected chi connectivity index (χ1v) is 7.60. The van der Waals surface area contributed by atoms with Crippen molar-refractivity contribution in [3.05, 3.63) is 0 Å². The molecule has 4 amide bonds. The van der Waals surface area contributed by atoms with Crippen LogP contribution in [0.2, 0.25) is 0 Å². The van der Waals surface area contributed by atoms with Crippen LogP contribution in [0.3, 0.4) is 0 Å². The van der Waals surface area contributed by atoms with Crippen molar-refractivity contribution >= 4 is 17.8 Å². The highest BCUT2D eigenvalue weighted by Gasteiger charge is 2.36. The number of carbonyl (C=O) groups excluding carboxylic acids is 3. The summed E-state index contributed by atoms with van der Waals surface area (Å²) >= 11 is 0. The zero-order valence-electron chi connectivity index (χ0n) is 13.5. The van der Waals surface area contributed by atoms with Gasteiger partial charge >= 0.3 is 6.03 Å². The van der Waals surface area contributed by atoms with Crippen LogP contribution in [0.5, 0.6) is 0 Å². The van der Waals surface area contributed by atoms with Gasteiger partial charge in [-0.1, -0.05) is 13.8 Å². The number of rotatable bonds is 6. The summed E-state index contributed by atoms with van der Waals surface area (Å²) in [5.74, 6) is -0.463. The van der Waals surface area contributed by atoms with Gasteiger partial charge in [0.25, 0.3) is 5.91 Å². The van der Waals surface area contributed by atoms with Gasteiger partial charge in [-0.25, -0.2) is 10.3 Å². The maximum atomic E-state index is 12.7. The molecule has 1 aliphatic heterocycles. The average molecular weight is 314 g/mol. The SMILES string of the molecule is CNC(=O)[C@@H]1CCCN1C(=O)N(CCC(C)C)CC(=O)NO. The van der Waals surface area contributed by atoms with E-state index in [0.717, 1.165) is 12.8 Å². The molecule has 1 atom stereocenters. The van der Waals surface area contributed by atoms with Crippen LogP contribution in [0.4, 0.5) is 4.79 Å². The molecule has 1 fully saturated rings. The molecule has 3 N–H and O–H groups in total. The number of nitrogens with one attached hydrogen (secondary N) is 2. The van der Waals surface area contributed by atoms with Crippen LogP contribution in [-0.4, -0.2) is 65.6 Å². The number of likely N-dealkylation sites (N-methyl/N-ethyl adjacent to an activating group) is 1. The second kappa shape index (κ2) is 8.57. The van der Waals surface area contributed by atoms with Crippen molar-refractivity contribution < 1.29 is 19.6 Å². The molecule has 0 bridgehead atoms. The molecule has 0 aromatic rings. The molecular weight excluding hydrogens is 288 g/mol. The summed E-state index contributed by atoms with van der Waals surface area (Å²) < 4.78 is 0. The van der Waals surface area contributed by atoms with E-state index in [1.807, 2.05) is 13.8 Å². The zero-order valence-corrected chi connectivity index (χ0v) is 13.5. The molecule has 8 heteroatoms. The maximum Gasteiger partial charge on any atom is 0.321 e. The van der Waals surface area contributed by atoms with Crippen molar-refractivity contribution in [3.8, 4) is 0 Å². The molecule has 1 saturated heterocycles. The molecule has 1 rings (SSSR count). The van der Waals surface area contributed by atoms with Crippen molar-refractivity contribution in [2.24, 2.45) is 5.92 Å². The van der Waals surface area contributed by atoms with E-state index in [-0.39, 0.29) is 18.5 Å². The Kier molecular flexibility index (Phi) is 7.10. The minimum atomic E-state index is -0.646. The van der Waals surface area contributed by atoms with E-state index in [1.165, 1.54) is 9.80 Å². The van der Waals surface area contributed by atoms with E-state index in [1.54, 1.807) is 12.5 Å². The van der Waals surface area contributed by atoms with Crippen molar-refractivity contribution in [2.75, 3.05) is 26.7 Å². The molecule has 126 valence electrons. The molecule has 8 nitrogen and oxygen atoms in total. The van der Waals surface area contributed by atoms with Crippen LogP contribution < -0.4 is 10.8 Å². The minimum Gasteiger partial charge on any atom is -0.357 e. The molecule has 0 saturated carbocycles. The van der Waals surface area contributed by atoms with Gasteiger partial charge in [-0.3, -0.25) is 14.8 Å². The minimum absolute atomic E-state index is 0.193. The molecular formula is C14H26N4O4.